The molecular weight excluding hydrogens is 386 g/mol. The number of amides is 1. The smallest absolute Gasteiger partial charge is 0.278 e. The Morgan fingerprint density at radius 3 is 2.83 bits per heavy atom. The molecular formula is C21H25N5O2S. The highest BCUT2D eigenvalue weighted by molar-refractivity contribution is 7.21. The van der Waals surface area contributed by atoms with E-state index < -0.39 is 0 Å². The number of fused-ring (bicyclic) bond motifs is 1. The number of hydrogen-bond acceptors (Lipinski definition) is 6. The maximum absolute atomic E-state index is 12.9. The van der Waals surface area contributed by atoms with Crippen molar-refractivity contribution < 1.29 is 4.79 Å². The van der Waals surface area contributed by atoms with Gasteiger partial charge in [0, 0.05) is 19.0 Å². The lowest BCUT2D eigenvalue weighted by molar-refractivity contribution is -0.123. The Bertz CT molecular complexity index is 1060. The van der Waals surface area contributed by atoms with Crippen LogP contribution in [0.2, 0.25) is 0 Å². The van der Waals surface area contributed by atoms with E-state index in [4.69, 9.17) is 0 Å². The summed E-state index contributed by atoms with van der Waals surface area (Å²) in [5.41, 5.74) is 1.20. The van der Waals surface area contributed by atoms with E-state index in [1.54, 1.807) is 0 Å². The maximum Gasteiger partial charge on any atom is 0.278 e. The largest absolute Gasteiger partial charge is 0.350 e. The fourth-order valence-corrected chi connectivity index (χ4v) is 4.59. The van der Waals surface area contributed by atoms with Gasteiger partial charge in [0.1, 0.15) is 11.9 Å². The molecule has 2 N–H and O–H groups in total. The Balaban J connectivity index is 1.57. The van der Waals surface area contributed by atoms with Crippen LogP contribution in [0.4, 0.5) is 5.13 Å². The van der Waals surface area contributed by atoms with Gasteiger partial charge in [-0.2, -0.15) is 0 Å². The molecule has 29 heavy (non-hydrogen) atoms. The van der Waals surface area contributed by atoms with Crippen molar-refractivity contribution in [2.45, 2.75) is 51.6 Å². The summed E-state index contributed by atoms with van der Waals surface area (Å²) >= 11 is 1.39. The molecule has 1 aliphatic rings. The lowest BCUT2D eigenvalue weighted by atomic mass is 10.0. The number of rotatable bonds is 5. The minimum Gasteiger partial charge on any atom is -0.350 e. The Hall–Kier alpha value is -2.74. The molecule has 0 bridgehead atoms. The molecule has 3 aromatic rings. The van der Waals surface area contributed by atoms with E-state index >= 15 is 0 Å². The fraction of sp³-hybridized carbons (Fsp3) is 0.429. The van der Waals surface area contributed by atoms with Crippen molar-refractivity contribution in [2.75, 3.05) is 11.4 Å². The van der Waals surface area contributed by atoms with Crippen LogP contribution in [0.1, 0.15) is 50.4 Å². The zero-order chi connectivity index (χ0) is 20.4. The number of anilines is 1. The Morgan fingerprint density at radius 2 is 2.07 bits per heavy atom. The van der Waals surface area contributed by atoms with Crippen LogP contribution in [-0.2, 0) is 11.3 Å². The second-order valence-corrected chi connectivity index (χ2v) is 8.62. The van der Waals surface area contributed by atoms with E-state index in [-0.39, 0.29) is 23.4 Å². The van der Waals surface area contributed by atoms with E-state index in [0.717, 1.165) is 31.4 Å². The topological polar surface area (TPSA) is 91.0 Å². The molecule has 0 saturated carbocycles. The SMILES string of the molecule is CC(C)c1nc2sc(N3CCCC[C@@H]3C(=O)NCc3ccccc3)nc2c(=O)[nH]1. The third-order valence-corrected chi connectivity index (χ3v) is 6.17. The second-order valence-electron chi connectivity index (χ2n) is 7.66. The van der Waals surface area contributed by atoms with E-state index in [1.807, 2.05) is 49.1 Å². The molecule has 1 atom stereocenters. The fourth-order valence-electron chi connectivity index (χ4n) is 3.57. The highest BCUT2D eigenvalue weighted by Gasteiger charge is 2.31. The van der Waals surface area contributed by atoms with Gasteiger partial charge in [0.15, 0.2) is 15.5 Å². The predicted molar refractivity (Wildman–Crippen MR) is 115 cm³/mol. The van der Waals surface area contributed by atoms with Gasteiger partial charge in [0.05, 0.1) is 0 Å². The number of carbonyl (C=O) groups is 1. The van der Waals surface area contributed by atoms with Crippen LogP contribution in [0.3, 0.4) is 0 Å². The molecule has 3 heterocycles. The summed E-state index contributed by atoms with van der Waals surface area (Å²) in [6.07, 6.45) is 2.78. The van der Waals surface area contributed by atoms with Gasteiger partial charge in [0.25, 0.3) is 5.56 Å². The average molecular weight is 412 g/mol. The molecule has 1 aliphatic heterocycles. The number of benzene rings is 1. The van der Waals surface area contributed by atoms with Crippen molar-refractivity contribution in [1.82, 2.24) is 20.3 Å². The van der Waals surface area contributed by atoms with E-state index in [2.05, 4.69) is 20.3 Å². The van der Waals surface area contributed by atoms with Gasteiger partial charge in [-0.15, -0.1) is 0 Å². The van der Waals surface area contributed by atoms with Gasteiger partial charge in [-0.3, -0.25) is 9.59 Å². The molecule has 0 radical (unpaired) electrons. The minimum atomic E-state index is -0.281. The number of hydrogen-bond donors (Lipinski definition) is 2. The van der Waals surface area contributed by atoms with Gasteiger partial charge < -0.3 is 15.2 Å². The number of nitrogens with one attached hydrogen (secondary N) is 2. The molecule has 152 valence electrons. The molecule has 2 aromatic heterocycles. The number of carbonyl (C=O) groups excluding carboxylic acids is 1. The molecule has 4 rings (SSSR count). The number of aromatic nitrogens is 3. The van der Waals surface area contributed by atoms with E-state index in [9.17, 15) is 9.59 Å². The lowest BCUT2D eigenvalue weighted by Crippen LogP contribution is -2.49. The standard InChI is InChI=1S/C21H25N5O2S/c1-13(2)17-24-19(28)16-20(25-17)29-21(23-16)26-11-7-6-10-15(26)18(27)22-12-14-8-4-3-5-9-14/h3-5,8-9,13,15H,6-7,10-12H2,1-2H3,(H,22,27)(H,24,25,28)/t15-/m1/s1. The van der Waals surface area contributed by atoms with Crippen molar-refractivity contribution in [1.29, 1.82) is 0 Å². The zero-order valence-electron chi connectivity index (χ0n) is 16.6. The van der Waals surface area contributed by atoms with Crippen LogP contribution in [0.15, 0.2) is 35.1 Å². The van der Waals surface area contributed by atoms with Crippen LogP contribution in [-0.4, -0.2) is 33.4 Å². The molecule has 1 amide bonds. The third kappa shape index (κ3) is 4.17. The van der Waals surface area contributed by atoms with Crippen LogP contribution in [0.5, 0.6) is 0 Å². The summed E-state index contributed by atoms with van der Waals surface area (Å²) in [4.78, 5) is 39.9. The summed E-state index contributed by atoms with van der Waals surface area (Å²) in [6, 6.07) is 9.60. The van der Waals surface area contributed by atoms with Crippen LogP contribution in [0, 0.1) is 0 Å². The van der Waals surface area contributed by atoms with Crippen molar-refractivity contribution >= 4 is 32.7 Å². The summed E-state index contributed by atoms with van der Waals surface area (Å²) < 4.78 is 0. The van der Waals surface area contributed by atoms with E-state index in [1.165, 1.54) is 11.3 Å². The summed E-state index contributed by atoms with van der Waals surface area (Å²) in [7, 11) is 0. The minimum absolute atomic E-state index is 0.00227. The molecule has 0 aliphatic carbocycles. The number of H-pyrrole nitrogens is 1. The van der Waals surface area contributed by atoms with Gasteiger partial charge >= 0.3 is 0 Å². The first-order valence-corrected chi connectivity index (χ1v) is 10.8. The zero-order valence-corrected chi connectivity index (χ0v) is 17.5. The Kier molecular flexibility index (Phi) is 5.62. The van der Waals surface area contributed by atoms with Gasteiger partial charge in [-0.05, 0) is 24.8 Å². The third-order valence-electron chi connectivity index (χ3n) is 5.18. The van der Waals surface area contributed by atoms with Gasteiger partial charge in [-0.1, -0.05) is 55.5 Å². The number of piperidine rings is 1. The van der Waals surface area contributed by atoms with E-state index in [0.29, 0.717) is 27.8 Å². The second kappa shape index (κ2) is 8.32. The first-order chi connectivity index (χ1) is 14.0. The molecule has 0 spiro atoms. The van der Waals surface area contributed by atoms with Crippen LogP contribution < -0.4 is 15.8 Å². The molecule has 1 saturated heterocycles. The molecule has 1 fully saturated rings. The average Bonchev–Trinajstić information content (AvgIpc) is 3.17. The summed E-state index contributed by atoms with van der Waals surface area (Å²) in [5.74, 6) is 0.787. The first kappa shape index (κ1) is 19.6. The first-order valence-electron chi connectivity index (χ1n) is 10.0. The molecule has 0 unspecified atom stereocenters. The maximum atomic E-state index is 12.9. The number of thiazole rings is 1. The number of nitrogens with zero attached hydrogens (tertiary/aromatic N) is 3. The Labute approximate surface area is 173 Å². The normalized spacial score (nSPS) is 17.1. The van der Waals surface area contributed by atoms with Gasteiger partial charge in [-0.25, -0.2) is 9.97 Å². The quantitative estimate of drug-likeness (QED) is 0.673. The van der Waals surface area contributed by atoms with Crippen LogP contribution in [0.25, 0.3) is 10.3 Å². The highest BCUT2D eigenvalue weighted by Crippen LogP contribution is 2.31. The van der Waals surface area contributed by atoms with Crippen molar-refractivity contribution in [2.24, 2.45) is 0 Å². The molecule has 7 nitrogen and oxygen atoms in total. The molecule has 1 aromatic carbocycles. The van der Waals surface area contributed by atoms with Crippen molar-refractivity contribution in [3.8, 4) is 0 Å². The highest BCUT2D eigenvalue weighted by atomic mass is 32.1. The number of aromatic amines is 1. The Morgan fingerprint density at radius 1 is 1.28 bits per heavy atom. The summed E-state index contributed by atoms with van der Waals surface area (Å²) in [5, 5.41) is 3.74. The predicted octanol–water partition coefficient (Wildman–Crippen LogP) is 3.18. The van der Waals surface area contributed by atoms with Crippen molar-refractivity contribution in [3.63, 3.8) is 0 Å². The van der Waals surface area contributed by atoms with Crippen molar-refractivity contribution in [3.05, 3.63) is 52.1 Å². The molecule has 8 heteroatoms. The van der Waals surface area contributed by atoms with Crippen LogP contribution >= 0.6 is 11.3 Å². The monoisotopic (exact) mass is 411 g/mol. The van der Waals surface area contributed by atoms with Gasteiger partial charge in [0.2, 0.25) is 5.91 Å². The summed E-state index contributed by atoms with van der Waals surface area (Å²) in [6.45, 7) is 5.23. The lowest BCUT2D eigenvalue weighted by Gasteiger charge is -2.34.